The minimum atomic E-state index is -0.771. The number of rotatable bonds is 6. The van der Waals surface area contributed by atoms with Crippen LogP contribution in [-0.4, -0.2) is 24.5 Å². The Kier molecular flexibility index (Phi) is 5.00. The van der Waals surface area contributed by atoms with Crippen LogP contribution in [0.3, 0.4) is 0 Å². The Morgan fingerprint density at radius 1 is 1.35 bits per heavy atom. The van der Waals surface area contributed by atoms with Crippen LogP contribution in [0.2, 0.25) is 0 Å². The maximum Gasteiger partial charge on any atom is 0.254 e. The van der Waals surface area contributed by atoms with Crippen LogP contribution >= 0.6 is 0 Å². The lowest BCUT2D eigenvalue weighted by molar-refractivity contribution is -0.110. The molecule has 1 aromatic carbocycles. The van der Waals surface area contributed by atoms with E-state index >= 15 is 0 Å². The lowest BCUT2D eigenvalue weighted by Crippen LogP contribution is -2.36. The van der Waals surface area contributed by atoms with Crippen molar-refractivity contribution in [2.75, 3.05) is 0 Å². The molecule has 1 N–H and O–H groups in total. The smallest absolute Gasteiger partial charge is 0.254 e. The molecule has 0 aliphatic carbocycles. The highest BCUT2D eigenvalue weighted by atomic mass is 19.1. The second kappa shape index (κ2) is 6.52. The van der Waals surface area contributed by atoms with E-state index in [1.54, 1.807) is 0 Å². The average Bonchev–Trinajstić information content (AvgIpc) is 2.34. The van der Waals surface area contributed by atoms with Gasteiger partial charge >= 0.3 is 0 Å². The SMILES string of the molecule is O=CCC[C@@H](C=O)NC(=O)c1ccccc1F. The van der Waals surface area contributed by atoms with Gasteiger partial charge in [0.2, 0.25) is 0 Å². The van der Waals surface area contributed by atoms with E-state index in [1.165, 1.54) is 18.2 Å². The molecule has 1 atom stereocenters. The Balaban J connectivity index is 2.67. The Morgan fingerprint density at radius 2 is 2.06 bits per heavy atom. The number of hydrogen-bond donors (Lipinski definition) is 1. The molecule has 0 aromatic heterocycles. The first-order chi connectivity index (χ1) is 8.19. The first kappa shape index (κ1) is 13.0. The Hall–Kier alpha value is -2.04. The summed E-state index contributed by atoms with van der Waals surface area (Å²) in [6.07, 6.45) is 1.57. The van der Waals surface area contributed by atoms with Crippen LogP contribution < -0.4 is 5.32 Å². The molecule has 0 heterocycles. The highest BCUT2D eigenvalue weighted by Gasteiger charge is 2.15. The minimum absolute atomic E-state index is 0.120. The quantitative estimate of drug-likeness (QED) is 0.753. The van der Waals surface area contributed by atoms with Crippen molar-refractivity contribution < 1.29 is 18.8 Å². The summed E-state index contributed by atoms with van der Waals surface area (Å²) in [7, 11) is 0. The van der Waals surface area contributed by atoms with Gasteiger partial charge in [0.25, 0.3) is 5.91 Å². The molecule has 1 rings (SSSR count). The number of amides is 1. The predicted molar refractivity (Wildman–Crippen MR) is 59.0 cm³/mol. The fraction of sp³-hybridized carbons (Fsp3) is 0.250. The predicted octanol–water partition coefficient (Wildman–Crippen LogP) is 1.10. The summed E-state index contributed by atoms with van der Waals surface area (Å²) in [5.74, 6) is -1.31. The molecule has 0 saturated heterocycles. The molecule has 5 heteroatoms. The van der Waals surface area contributed by atoms with E-state index in [-0.39, 0.29) is 18.4 Å². The van der Waals surface area contributed by atoms with Gasteiger partial charge in [0.05, 0.1) is 11.6 Å². The number of hydrogen-bond acceptors (Lipinski definition) is 3. The van der Waals surface area contributed by atoms with Crippen LogP contribution in [-0.2, 0) is 9.59 Å². The Morgan fingerprint density at radius 3 is 2.65 bits per heavy atom. The summed E-state index contributed by atoms with van der Waals surface area (Å²) < 4.78 is 13.2. The normalized spacial score (nSPS) is 11.6. The molecule has 0 fully saturated rings. The molecule has 17 heavy (non-hydrogen) atoms. The van der Waals surface area contributed by atoms with Crippen LogP contribution in [0.5, 0.6) is 0 Å². The van der Waals surface area contributed by atoms with Gasteiger partial charge in [0.1, 0.15) is 18.4 Å². The van der Waals surface area contributed by atoms with Crippen molar-refractivity contribution in [1.82, 2.24) is 5.32 Å². The van der Waals surface area contributed by atoms with E-state index < -0.39 is 17.8 Å². The molecule has 0 unspecified atom stereocenters. The molecule has 4 nitrogen and oxygen atoms in total. The lowest BCUT2D eigenvalue weighted by Gasteiger charge is -2.11. The zero-order valence-corrected chi connectivity index (χ0v) is 9.06. The summed E-state index contributed by atoms with van der Waals surface area (Å²) in [4.78, 5) is 32.4. The van der Waals surface area contributed by atoms with Crippen LogP contribution in [0, 0.1) is 5.82 Å². The van der Waals surface area contributed by atoms with E-state index in [9.17, 15) is 18.8 Å². The van der Waals surface area contributed by atoms with Crippen molar-refractivity contribution in [2.24, 2.45) is 0 Å². The van der Waals surface area contributed by atoms with Crippen molar-refractivity contribution in [2.45, 2.75) is 18.9 Å². The van der Waals surface area contributed by atoms with Crippen molar-refractivity contribution in [3.63, 3.8) is 0 Å². The lowest BCUT2D eigenvalue weighted by atomic mass is 10.1. The third-order valence-corrected chi connectivity index (χ3v) is 2.19. The van der Waals surface area contributed by atoms with Gasteiger partial charge in [-0.2, -0.15) is 0 Å². The fourth-order valence-electron chi connectivity index (χ4n) is 1.31. The first-order valence-corrected chi connectivity index (χ1v) is 5.13. The molecular weight excluding hydrogens is 225 g/mol. The summed E-state index contributed by atoms with van der Waals surface area (Å²) in [5.41, 5.74) is -0.120. The zero-order chi connectivity index (χ0) is 12.7. The molecule has 1 aromatic rings. The topological polar surface area (TPSA) is 63.2 Å². The second-order valence-corrected chi connectivity index (χ2v) is 3.44. The van der Waals surface area contributed by atoms with Gasteiger partial charge in [-0.15, -0.1) is 0 Å². The van der Waals surface area contributed by atoms with Gasteiger partial charge < -0.3 is 14.9 Å². The summed E-state index contributed by atoms with van der Waals surface area (Å²) in [6.45, 7) is 0. The van der Waals surface area contributed by atoms with E-state index in [2.05, 4.69) is 5.32 Å². The van der Waals surface area contributed by atoms with Gasteiger partial charge in [-0.25, -0.2) is 4.39 Å². The van der Waals surface area contributed by atoms with Gasteiger partial charge in [0, 0.05) is 6.42 Å². The molecule has 0 radical (unpaired) electrons. The highest BCUT2D eigenvalue weighted by molar-refractivity contribution is 5.95. The molecule has 0 aliphatic rings. The maximum atomic E-state index is 13.2. The van der Waals surface area contributed by atoms with Crippen LogP contribution in [0.1, 0.15) is 23.2 Å². The third kappa shape index (κ3) is 3.79. The van der Waals surface area contributed by atoms with E-state index in [1.807, 2.05) is 0 Å². The number of carbonyl (C=O) groups excluding carboxylic acids is 3. The van der Waals surface area contributed by atoms with Crippen molar-refractivity contribution in [3.05, 3.63) is 35.6 Å². The number of halogens is 1. The molecule has 1 amide bonds. The van der Waals surface area contributed by atoms with Crippen LogP contribution in [0.4, 0.5) is 4.39 Å². The molecular formula is C12H12FNO3. The van der Waals surface area contributed by atoms with Crippen molar-refractivity contribution >= 4 is 18.5 Å². The number of aldehydes is 2. The monoisotopic (exact) mass is 237 g/mol. The summed E-state index contributed by atoms with van der Waals surface area (Å²) in [5, 5.41) is 2.35. The first-order valence-electron chi connectivity index (χ1n) is 5.13. The second-order valence-electron chi connectivity index (χ2n) is 3.44. The highest BCUT2D eigenvalue weighted by Crippen LogP contribution is 2.06. The minimum Gasteiger partial charge on any atom is -0.342 e. The molecule has 0 saturated carbocycles. The zero-order valence-electron chi connectivity index (χ0n) is 9.06. The summed E-state index contributed by atoms with van der Waals surface area (Å²) in [6, 6.07) is 4.71. The van der Waals surface area contributed by atoms with Gasteiger partial charge in [0.15, 0.2) is 0 Å². The van der Waals surface area contributed by atoms with Crippen LogP contribution in [0.25, 0.3) is 0 Å². The largest absolute Gasteiger partial charge is 0.342 e. The maximum absolute atomic E-state index is 13.2. The third-order valence-electron chi connectivity index (χ3n) is 2.19. The molecule has 0 bridgehead atoms. The molecule has 0 aliphatic heterocycles. The standard InChI is InChI=1S/C12H12FNO3/c13-11-6-2-1-5-10(11)12(17)14-9(8-16)4-3-7-15/h1-2,5-9H,3-4H2,(H,14,17)/t9-/m0/s1. The van der Waals surface area contributed by atoms with E-state index in [0.29, 0.717) is 12.6 Å². The average molecular weight is 237 g/mol. The van der Waals surface area contributed by atoms with Gasteiger partial charge in [-0.05, 0) is 18.6 Å². The number of carbonyl (C=O) groups is 3. The van der Waals surface area contributed by atoms with Crippen LogP contribution in [0.15, 0.2) is 24.3 Å². The van der Waals surface area contributed by atoms with E-state index in [4.69, 9.17) is 0 Å². The summed E-state index contributed by atoms with van der Waals surface area (Å²) >= 11 is 0. The van der Waals surface area contributed by atoms with E-state index in [0.717, 1.165) is 6.07 Å². The molecule has 90 valence electrons. The molecule has 0 spiro atoms. The van der Waals surface area contributed by atoms with Gasteiger partial charge in [-0.1, -0.05) is 12.1 Å². The van der Waals surface area contributed by atoms with Gasteiger partial charge in [-0.3, -0.25) is 4.79 Å². The van der Waals surface area contributed by atoms with Crippen molar-refractivity contribution in [3.8, 4) is 0 Å². The Bertz CT molecular complexity index is 420. The van der Waals surface area contributed by atoms with Crippen molar-refractivity contribution in [1.29, 1.82) is 0 Å². The Labute approximate surface area is 97.8 Å². The fourth-order valence-corrected chi connectivity index (χ4v) is 1.31. The number of nitrogens with one attached hydrogen (secondary N) is 1. The number of benzene rings is 1.